The van der Waals surface area contributed by atoms with Crippen molar-refractivity contribution in [1.29, 1.82) is 0 Å². The summed E-state index contributed by atoms with van der Waals surface area (Å²) in [4.78, 5) is 0. The third-order valence-electron chi connectivity index (χ3n) is 1.68. The van der Waals surface area contributed by atoms with Gasteiger partial charge in [-0.25, -0.2) is 9.76 Å². The minimum atomic E-state index is -3.34. The van der Waals surface area contributed by atoms with E-state index in [1.165, 1.54) is 4.67 Å². The molecule has 1 aliphatic rings. The highest BCUT2D eigenvalue weighted by atomic mass is 35.5. The summed E-state index contributed by atoms with van der Waals surface area (Å²) in [5.41, 5.74) is 0. The van der Waals surface area contributed by atoms with E-state index in [2.05, 4.69) is 5.09 Å². The third-order valence-corrected chi connectivity index (χ3v) is 4.17. The quantitative estimate of drug-likeness (QED) is 0.607. The van der Waals surface area contributed by atoms with E-state index in [0.717, 1.165) is 0 Å². The summed E-state index contributed by atoms with van der Waals surface area (Å²) < 4.78 is 34.3. The van der Waals surface area contributed by atoms with E-state index in [1.807, 2.05) is 0 Å². The minimum Gasteiger partial charge on any atom is -0.306 e. The number of halogens is 2. The molecule has 0 aromatic carbocycles. The van der Waals surface area contributed by atoms with Crippen molar-refractivity contribution in [2.24, 2.45) is 0 Å². The molecule has 1 fully saturated rings. The van der Waals surface area contributed by atoms with Gasteiger partial charge in [-0.15, -0.1) is 23.2 Å². The molecule has 1 heterocycles. The second-order valence-corrected chi connectivity index (χ2v) is 5.52. The number of nitrogens with zero attached hydrogens (tertiary/aromatic N) is 1. The zero-order valence-corrected chi connectivity index (χ0v) is 10.1. The fraction of sp³-hybridized carbons (Fsp3) is 1.00. The van der Waals surface area contributed by atoms with Gasteiger partial charge in [-0.05, 0) is 6.42 Å². The lowest BCUT2D eigenvalue weighted by Crippen LogP contribution is -2.36. The molecular weight excluding hydrogens is 246 g/mol. The van der Waals surface area contributed by atoms with E-state index in [1.54, 1.807) is 0 Å². The van der Waals surface area contributed by atoms with Crippen molar-refractivity contribution in [3.8, 4) is 0 Å². The van der Waals surface area contributed by atoms with Gasteiger partial charge >= 0.3 is 7.67 Å². The van der Waals surface area contributed by atoms with E-state index in [9.17, 15) is 4.57 Å². The SMILES string of the molecule is [2H]C1([2H])CCOP(=O)(NCCCl)N1CCCl. The van der Waals surface area contributed by atoms with E-state index in [-0.39, 0.29) is 31.3 Å². The van der Waals surface area contributed by atoms with Gasteiger partial charge in [-0.2, -0.15) is 0 Å². The maximum atomic E-state index is 12.4. The molecule has 84 valence electrons. The molecule has 1 N–H and O–H groups in total. The molecule has 0 aromatic rings. The van der Waals surface area contributed by atoms with Crippen molar-refractivity contribution in [3.05, 3.63) is 0 Å². The molecule has 0 aromatic heterocycles. The van der Waals surface area contributed by atoms with Gasteiger partial charge in [0.15, 0.2) is 0 Å². The highest BCUT2D eigenvalue weighted by Crippen LogP contribution is 2.48. The molecule has 0 saturated carbocycles. The summed E-state index contributed by atoms with van der Waals surface area (Å²) in [6, 6.07) is 0. The van der Waals surface area contributed by atoms with Gasteiger partial charge in [0.1, 0.15) is 0 Å². The van der Waals surface area contributed by atoms with E-state index >= 15 is 0 Å². The second-order valence-electron chi connectivity index (χ2n) is 2.67. The van der Waals surface area contributed by atoms with Gasteiger partial charge < -0.3 is 4.52 Å². The predicted molar refractivity (Wildman–Crippen MR) is 59.2 cm³/mol. The highest BCUT2D eigenvalue weighted by Gasteiger charge is 2.33. The Morgan fingerprint density at radius 2 is 2.36 bits per heavy atom. The average Bonchev–Trinajstić information content (AvgIpc) is 2.21. The molecule has 1 rings (SSSR count). The largest absolute Gasteiger partial charge is 0.343 e. The highest BCUT2D eigenvalue weighted by molar-refractivity contribution is 7.54. The van der Waals surface area contributed by atoms with Gasteiger partial charge in [0.25, 0.3) is 0 Å². The van der Waals surface area contributed by atoms with E-state index in [4.69, 9.17) is 30.5 Å². The van der Waals surface area contributed by atoms with Crippen LogP contribution in [-0.4, -0.2) is 42.6 Å². The van der Waals surface area contributed by atoms with Gasteiger partial charge in [-0.1, -0.05) is 0 Å². The Bertz CT molecular complexity index is 283. The number of nitrogens with one attached hydrogen (secondary N) is 1. The topological polar surface area (TPSA) is 41.6 Å². The fourth-order valence-corrected chi connectivity index (χ4v) is 3.41. The van der Waals surface area contributed by atoms with Gasteiger partial charge in [0.2, 0.25) is 0 Å². The number of alkyl halides is 2. The Morgan fingerprint density at radius 3 is 3.00 bits per heavy atom. The van der Waals surface area contributed by atoms with Crippen molar-refractivity contribution in [3.63, 3.8) is 0 Å². The molecule has 0 aliphatic carbocycles. The Labute approximate surface area is 97.3 Å². The lowest BCUT2D eigenvalue weighted by molar-refractivity contribution is 0.203. The maximum absolute atomic E-state index is 12.4. The molecule has 14 heavy (non-hydrogen) atoms. The maximum Gasteiger partial charge on any atom is 0.343 e. The second kappa shape index (κ2) is 6.31. The smallest absolute Gasteiger partial charge is 0.306 e. The molecule has 0 amide bonds. The summed E-state index contributed by atoms with van der Waals surface area (Å²) >= 11 is 11.1. The van der Waals surface area contributed by atoms with E-state index < -0.39 is 14.2 Å². The zero-order valence-electron chi connectivity index (χ0n) is 9.71. The normalized spacial score (nSPS) is 35.0. The van der Waals surface area contributed by atoms with Crippen molar-refractivity contribution in [2.75, 3.05) is 38.0 Å². The van der Waals surface area contributed by atoms with Gasteiger partial charge in [-0.3, -0.25) is 4.57 Å². The zero-order chi connectivity index (χ0) is 12.2. The Kier molecular flexibility index (Phi) is 4.46. The number of hydrogen-bond donors (Lipinski definition) is 1. The van der Waals surface area contributed by atoms with Gasteiger partial charge in [0, 0.05) is 34.1 Å². The van der Waals surface area contributed by atoms with Crippen LogP contribution in [0.4, 0.5) is 0 Å². The number of rotatable bonds is 5. The fourth-order valence-electron chi connectivity index (χ4n) is 1.11. The molecule has 0 bridgehead atoms. The summed E-state index contributed by atoms with van der Waals surface area (Å²) in [7, 11) is -3.34. The van der Waals surface area contributed by atoms with Crippen molar-refractivity contribution in [1.82, 2.24) is 9.76 Å². The molecule has 1 atom stereocenters. The van der Waals surface area contributed by atoms with Crippen LogP contribution in [0, 0.1) is 0 Å². The standard InChI is InChI=1S/C7H15Cl2N2O2P/c8-2-4-10-14(12)11(6-3-9)5-1-7-13-14/h1-7H2,(H,10,12)/i5D2. The lowest BCUT2D eigenvalue weighted by atomic mass is 10.4. The lowest BCUT2D eigenvalue weighted by Gasteiger charge is -2.34. The minimum absolute atomic E-state index is 0.123. The van der Waals surface area contributed by atoms with Crippen LogP contribution < -0.4 is 5.09 Å². The van der Waals surface area contributed by atoms with Crippen LogP contribution in [0.3, 0.4) is 0 Å². The molecule has 7 heteroatoms. The first-order valence-electron chi connectivity index (χ1n) is 5.36. The third kappa shape index (κ3) is 3.37. The average molecular weight is 263 g/mol. The number of hydrogen-bond acceptors (Lipinski definition) is 2. The Balaban J connectivity index is 2.82. The monoisotopic (exact) mass is 262 g/mol. The summed E-state index contributed by atoms with van der Waals surface area (Å²) in [5.74, 6) is 0.473. The van der Waals surface area contributed by atoms with Crippen LogP contribution in [0.15, 0.2) is 0 Å². The van der Waals surface area contributed by atoms with Crippen LogP contribution in [0.25, 0.3) is 0 Å². The first-order valence-corrected chi connectivity index (χ1v) is 7.01. The first-order chi connectivity index (χ1) is 7.46. The summed E-state index contributed by atoms with van der Waals surface area (Å²) in [6.07, 6.45) is 0.177. The van der Waals surface area contributed by atoms with Crippen LogP contribution in [0.5, 0.6) is 0 Å². The summed E-state index contributed by atoms with van der Waals surface area (Å²) in [6.45, 7) is -1.07. The summed E-state index contributed by atoms with van der Waals surface area (Å²) in [5, 5.41) is 2.67. The Hall–Kier alpha value is 0.690. The van der Waals surface area contributed by atoms with Crippen LogP contribution in [0.2, 0.25) is 0 Å². The predicted octanol–water partition coefficient (Wildman–Crippen LogP) is 1.88. The Morgan fingerprint density at radius 1 is 1.57 bits per heavy atom. The molecule has 1 unspecified atom stereocenters. The van der Waals surface area contributed by atoms with Crippen LogP contribution in [-0.2, 0) is 9.09 Å². The first kappa shape index (κ1) is 9.88. The van der Waals surface area contributed by atoms with Crippen molar-refractivity contribution >= 4 is 30.9 Å². The van der Waals surface area contributed by atoms with Crippen LogP contribution >= 0.6 is 30.9 Å². The molecule has 1 aliphatic heterocycles. The molecule has 0 spiro atoms. The molecule has 4 nitrogen and oxygen atoms in total. The van der Waals surface area contributed by atoms with Crippen molar-refractivity contribution < 1.29 is 11.8 Å². The van der Waals surface area contributed by atoms with Crippen LogP contribution in [0.1, 0.15) is 9.16 Å². The molecule has 0 radical (unpaired) electrons. The molecule has 1 saturated heterocycles. The molecular formula is C7H15Cl2N2O2P. The van der Waals surface area contributed by atoms with E-state index in [0.29, 0.717) is 6.54 Å². The van der Waals surface area contributed by atoms with Gasteiger partial charge in [0.05, 0.1) is 6.61 Å². The van der Waals surface area contributed by atoms with Crippen molar-refractivity contribution in [2.45, 2.75) is 6.42 Å².